The predicted molar refractivity (Wildman–Crippen MR) is 75.5 cm³/mol. The van der Waals surface area contributed by atoms with Crippen LogP contribution in [0.25, 0.3) is 0 Å². The first-order chi connectivity index (χ1) is 9.63. The molecule has 6 heteroatoms. The average molecular weight is 293 g/mol. The number of pyridine rings is 1. The Bertz CT molecular complexity index is 661. The van der Waals surface area contributed by atoms with E-state index in [1.165, 1.54) is 0 Å². The summed E-state index contributed by atoms with van der Waals surface area (Å²) in [6.45, 7) is 2.52. The van der Waals surface area contributed by atoms with E-state index in [1.807, 2.05) is 13.0 Å². The Kier molecular flexibility index (Phi) is 3.28. The summed E-state index contributed by atoms with van der Waals surface area (Å²) < 4.78 is 10.5. The van der Waals surface area contributed by atoms with Crippen molar-refractivity contribution in [3.8, 4) is 17.2 Å². The quantitative estimate of drug-likeness (QED) is 0.851. The van der Waals surface area contributed by atoms with Crippen molar-refractivity contribution in [3.05, 3.63) is 40.7 Å². The molecule has 1 aliphatic rings. The number of hydrogen-bond acceptors (Lipinski definition) is 5. The molecule has 0 fully saturated rings. The van der Waals surface area contributed by atoms with Crippen molar-refractivity contribution in [3.63, 3.8) is 0 Å². The fraction of sp³-hybridized carbons (Fsp3) is 0.214. The summed E-state index contributed by atoms with van der Waals surface area (Å²) in [4.78, 5) is 4.07. The van der Waals surface area contributed by atoms with Crippen molar-refractivity contribution >= 4 is 17.3 Å². The molecule has 0 unspecified atom stereocenters. The van der Waals surface area contributed by atoms with E-state index in [1.54, 1.807) is 18.3 Å². The van der Waals surface area contributed by atoms with Crippen LogP contribution in [0.4, 0.5) is 5.69 Å². The molecule has 0 atom stereocenters. The van der Waals surface area contributed by atoms with Gasteiger partial charge in [0.1, 0.15) is 10.9 Å². The van der Waals surface area contributed by atoms with E-state index in [2.05, 4.69) is 10.3 Å². The smallest absolute Gasteiger partial charge is 0.231 e. The van der Waals surface area contributed by atoms with Gasteiger partial charge < -0.3 is 19.9 Å². The second-order valence-electron chi connectivity index (χ2n) is 4.52. The lowest BCUT2D eigenvalue weighted by atomic mass is 10.1. The minimum atomic E-state index is 0.167. The molecule has 1 aromatic heterocycles. The summed E-state index contributed by atoms with van der Waals surface area (Å²) >= 11 is 5.88. The van der Waals surface area contributed by atoms with Crippen LogP contribution < -0.4 is 14.8 Å². The van der Waals surface area contributed by atoms with Crippen molar-refractivity contribution in [2.24, 2.45) is 0 Å². The van der Waals surface area contributed by atoms with Gasteiger partial charge in [0, 0.05) is 18.2 Å². The maximum Gasteiger partial charge on any atom is 0.231 e. The Labute approximate surface area is 121 Å². The van der Waals surface area contributed by atoms with Crippen molar-refractivity contribution in [1.82, 2.24) is 4.98 Å². The van der Waals surface area contributed by atoms with Crippen LogP contribution in [-0.4, -0.2) is 16.9 Å². The van der Waals surface area contributed by atoms with Crippen LogP contribution >= 0.6 is 11.6 Å². The van der Waals surface area contributed by atoms with Crippen molar-refractivity contribution < 1.29 is 14.6 Å². The number of benzene rings is 1. The van der Waals surface area contributed by atoms with Crippen molar-refractivity contribution in [1.29, 1.82) is 0 Å². The molecule has 0 spiro atoms. The molecule has 2 N–H and O–H groups in total. The number of aromatic nitrogens is 1. The highest BCUT2D eigenvalue weighted by Gasteiger charge is 2.16. The zero-order valence-corrected chi connectivity index (χ0v) is 11.6. The van der Waals surface area contributed by atoms with Crippen LogP contribution in [0.5, 0.6) is 17.2 Å². The van der Waals surface area contributed by atoms with E-state index in [9.17, 15) is 5.11 Å². The van der Waals surface area contributed by atoms with E-state index >= 15 is 0 Å². The molecule has 0 bridgehead atoms. The van der Waals surface area contributed by atoms with Crippen LogP contribution in [0.3, 0.4) is 0 Å². The number of halogens is 1. The van der Waals surface area contributed by atoms with Gasteiger partial charge in [-0.3, -0.25) is 0 Å². The Hall–Kier alpha value is -2.14. The second-order valence-corrected chi connectivity index (χ2v) is 4.88. The number of phenolic OH excluding ortho intramolecular Hbond substituents is 1. The van der Waals surface area contributed by atoms with E-state index < -0.39 is 0 Å². The number of phenols is 1. The molecule has 104 valence electrons. The third-order valence-electron chi connectivity index (χ3n) is 3.07. The molecule has 1 aliphatic heterocycles. The molecule has 2 heterocycles. The van der Waals surface area contributed by atoms with Crippen LogP contribution in [0, 0.1) is 6.92 Å². The van der Waals surface area contributed by atoms with Gasteiger partial charge in [-0.25, -0.2) is 4.98 Å². The lowest BCUT2D eigenvalue weighted by Crippen LogP contribution is -2.01. The van der Waals surface area contributed by atoms with E-state index in [-0.39, 0.29) is 12.5 Å². The molecule has 20 heavy (non-hydrogen) atoms. The number of ether oxygens (including phenoxy) is 2. The highest BCUT2D eigenvalue weighted by Crippen LogP contribution is 2.37. The fourth-order valence-corrected chi connectivity index (χ4v) is 2.07. The van der Waals surface area contributed by atoms with Gasteiger partial charge >= 0.3 is 0 Å². The number of hydrogen-bond donors (Lipinski definition) is 2. The van der Waals surface area contributed by atoms with Crippen LogP contribution in [0.15, 0.2) is 24.4 Å². The van der Waals surface area contributed by atoms with Gasteiger partial charge in [0.05, 0.1) is 11.9 Å². The van der Waals surface area contributed by atoms with Crippen LogP contribution in [0.2, 0.25) is 5.15 Å². The lowest BCUT2D eigenvalue weighted by Gasteiger charge is -2.10. The van der Waals surface area contributed by atoms with Gasteiger partial charge in [0.2, 0.25) is 6.79 Å². The third-order valence-corrected chi connectivity index (χ3v) is 3.47. The van der Waals surface area contributed by atoms with E-state index in [4.69, 9.17) is 21.1 Å². The first-order valence-corrected chi connectivity index (χ1v) is 6.49. The number of rotatable bonds is 3. The molecule has 0 saturated heterocycles. The van der Waals surface area contributed by atoms with Gasteiger partial charge in [0.25, 0.3) is 0 Å². The molecule has 5 nitrogen and oxygen atoms in total. The van der Waals surface area contributed by atoms with Gasteiger partial charge in [-0.15, -0.1) is 0 Å². The molecule has 3 rings (SSSR count). The summed E-state index contributed by atoms with van der Waals surface area (Å²) in [6, 6.07) is 5.23. The predicted octanol–water partition coefficient (Wildman–Crippen LogP) is 3.09. The number of aromatic hydroxyl groups is 1. The van der Waals surface area contributed by atoms with E-state index in [0.717, 1.165) is 16.8 Å². The minimum absolute atomic E-state index is 0.167. The molecule has 0 amide bonds. The monoisotopic (exact) mass is 292 g/mol. The largest absolute Gasteiger partial charge is 0.507 e. The summed E-state index contributed by atoms with van der Waals surface area (Å²) in [5.74, 6) is 1.38. The fourth-order valence-electron chi connectivity index (χ4n) is 1.97. The summed E-state index contributed by atoms with van der Waals surface area (Å²) in [6.07, 6.45) is 1.65. The SMILES string of the molecule is Cc1cc(NCc2cc3c(cc2O)OCO3)cnc1Cl. The topological polar surface area (TPSA) is 63.6 Å². The van der Waals surface area contributed by atoms with Gasteiger partial charge in [-0.2, -0.15) is 0 Å². The third kappa shape index (κ3) is 2.44. The standard InChI is InChI=1S/C14H13ClN2O3/c1-8-2-10(6-17-14(8)15)16-5-9-3-12-13(4-11(9)18)20-7-19-12/h2-4,6,16,18H,5,7H2,1H3. The minimum Gasteiger partial charge on any atom is -0.507 e. The summed E-state index contributed by atoms with van der Waals surface area (Å²) in [5, 5.41) is 13.6. The lowest BCUT2D eigenvalue weighted by molar-refractivity contribution is 0.174. The Morgan fingerprint density at radius 2 is 2.05 bits per heavy atom. The number of nitrogens with one attached hydrogen (secondary N) is 1. The van der Waals surface area contributed by atoms with E-state index in [0.29, 0.717) is 23.2 Å². The maximum atomic E-state index is 9.94. The molecular formula is C14H13ClN2O3. The Morgan fingerprint density at radius 1 is 1.30 bits per heavy atom. The van der Waals surface area contributed by atoms with Crippen molar-refractivity contribution in [2.45, 2.75) is 13.5 Å². The normalized spacial score (nSPS) is 12.5. The number of nitrogens with zero attached hydrogens (tertiary/aromatic N) is 1. The molecule has 0 radical (unpaired) electrons. The second kappa shape index (κ2) is 5.09. The summed E-state index contributed by atoms with van der Waals surface area (Å²) in [7, 11) is 0. The Balaban J connectivity index is 1.76. The molecule has 1 aromatic carbocycles. The first-order valence-electron chi connectivity index (χ1n) is 6.11. The zero-order valence-electron chi connectivity index (χ0n) is 10.8. The molecule has 2 aromatic rings. The Morgan fingerprint density at radius 3 is 2.80 bits per heavy atom. The number of anilines is 1. The van der Waals surface area contributed by atoms with Crippen LogP contribution in [-0.2, 0) is 6.54 Å². The van der Waals surface area contributed by atoms with Gasteiger partial charge in [-0.05, 0) is 24.6 Å². The van der Waals surface area contributed by atoms with Gasteiger partial charge in [0.15, 0.2) is 11.5 Å². The molecular weight excluding hydrogens is 280 g/mol. The first kappa shape index (κ1) is 12.9. The summed E-state index contributed by atoms with van der Waals surface area (Å²) in [5.41, 5.74) is 2.46. The zero-order chi connectivity index (χ0) is 14.1. The van der Waals surface area contributed by atoms with Gasteiger partial charge in [-0.1, -0.05) is 11.6 Å². The van der Waals surface area contributed by atoms with Crippen LogP contribution in [0.1, 0.15) is 11.1 Å². The number of aryl methyl sites for hydroxylation is 1. The molecule has 0 saturated carbocycles. The average Bonchev–Trinajstić information content (AvgIpc) is 2.87. The maximum absolute atomic E-state index is 9.94. The molecule has 0 aliphatic carbocycles. The number of fused-ring (bicyclic) bond motifs is 1. The van der Waals surface area contributed by atoms with Crippen molar-refractivity contribution in [2.75, 3.05) is 12.1 Å². The highest BCUT2D eigenvalue weighted by molar-refractivity contribution is 6.30. The highest BCUT2D eigenvalue weighted by atomic mass is 35.5.